The Hall–Kier alpha value is -1.86. The van der Waals surface area contributed by atoms with Gasteiger partial charge in [-0.1, -0.05) is 61.0 Å². The molecule has 0 aromatic heterocycles. The van der Waals surface area contributed by atoms with Gasteiger partial charge in [0, 0.05) is 10.6 Å². The van der Waals surface area contributed by atoms with Crippen molar-refractivity contribution in [3.63, 3.8) is 0 Å². The Bertz CT molecular complexity index is 597. The Morgan fingerprint density at radius 2 is 1.79 bits per heavy atom. The van der Waals surface area contributed by atoms with Crippen LogP contribution >= 0.6 is 11.6 Å². The number of ketones is 1. The second-order valence-electron chi connectivity index (χ2n) is 4.27. The molecule has 0 N–H and O–H groups in total. The normalized spacial score (nSPS) is 10.8. The lowest BCUT2D eigenvalue weighted by Crippen LogP contribution is -1.94. The molecule has 1 nitrogen and oxygen atoms in total. The Labute approximate surface area is 118 Å². The third-order valence-corrected chi connectivity index (χ3v) is 3.31. The highest BCUT2D eigenvalue weighted by Gasteiger charge is 2.02. The Balaban J connectivity index is 2.14. The van der Waals surface area contributed by atoms with E-state index in [4.69, 9.17) is 11.6 Å². The van der Waals surface area contributed by atoms with Gasteiger partial charge in [-0.15, -0.1) is 0 Å². The molecule has 0 saturated carbocycles. The molecular weight excluding hydrogens is 256 g/mol. The van der Waals surface area contributed by atoms with Gasteiger partial charge in [-0.25, -0.2) is 0 Å². The Morgan fingerprint density at radius 1 is 1.11 bits per heavy atom. The summed E-state index contributed by atoms with van der Waals surface area (Å²) in [6.45, 7) is 2.09. The average molecular weight is 271 g/mol. The molecule has 0 unspecified atom stereocenters. The van der Waals surface area contributed by atoms with Crippen LogP contribution in [0.4, 0.5) is 0 Å². The van der Waals surface area contributed by atoms with E-state index < -0.39 is 0 Å². The zero-order valence-corrected chi connectivity index (χ0v) is 11.5. The van der Waals surface area contributed by atoms with Crippen LogP contribution in [0, 0.1) is 0 Å². The molecule has 0 spiro atoms. The molecule has 0 bridgehead atoms. The van der Waals surface area contributed by atoms with Crippen LogP contribution in [0.5, 0.6) is 0 Å². The third-order valence-electron chi connectivity index (χ3n) is 2.97. The van der Waals surface area contributed by atoms with Crippen molar-refractivity contribution in [3.05, 3.63) is 76.3 Å². The first-order valence-corrected chi connectivity index (χ1v) is 6.64. The number of allylic oxidation sites excluding steroid dienone is 1. The minimum Gasteiger partial charge on any atom is -0.289 e. The van der Waals surface area contributed by atoms with Crippen molar-refractivity contribution in [2.24, 2.45) is 0 Å². The summed E-state index contributed by atoms with van der Waals surface area (Å²) in [5, 5.41) is 0.646. The predicted octanol–water partition coefficient (Wildman–Crippen LogP) is 4.80. The van der Waals surface area contributed by atoms with Crippen molar-refractivity contribution in [2.75, 3.05) is 0 Å². The minimum atomic E-state index is -0.0115. The number of carbonyl (C=O) groups is 1. The maximum absolute atomic E-state index is 12.0. The monoisotopic (exact) mass is 270 g/mol. The van der Waals surface area contributed by atoms with Gasteiger partial charge < -0.3 is 0 Å². The summed E-state index contributed by atoms with van der Waals surface area (Å²) in [6.07, 6.45) is 4.28. The van der Waals surface area contributed by atoms with E-state index in [1.165, 1.54) is 5.56 Å². The van der Waals surface area contributed by atoms with Crippen LogP contribution in [0.3, 0.4) is 0 Å². The van der Waals surface area contributed by atoms with Gasteiger partial charge in [0.05, 0.1) is 0 Å². The largest absolute Gasteiger partial charge is 0.289 e. The highest BCUT2D eigenvalue weighted by molar-refractivity contribution is 6.32. The second-order valence-corrected chi connectivity index (χ2v) is 4.68. The van der Waals surface area contributed by atoms with E-state index in [1.807, 2.05) is 48.5 Å². The van der Waals surface area contributed by atoms with Gasteiger partial charge in [0.2, 0.25) is 0 Å². The molecule has 2 aromatic rings. The molecular formula is C17H15ClO. The Morgan fingerprint density at radius 3 is 2.42 bits per heavy atom. The molecule has 0 radical (unpaired) electrons. The fourth-order valence-corrected chi connectivity index (χ4v) is 1.98. The smallest absolute Gasteiger partial charge is 0.185 e. The van der Waals surface area contributed by atoms with Crippen LogP contribution in [0.15, 0.2) is 54.6 Å². The lowest BCUT2D eigenvalue weighted by Gasteiger charge is -1.99. The van der Waals surface area contributed by atoms with Crippen molar-refractivity contribution >= 4 is 23.5 Å². The van der Waals surface area contributed by atoms with Gasteiger partial charge in [-0.05, 0) is 35.8 Å². The zero-order chi connectivity index (χ0) is 13.7. The first-order chi connectivity index (χ1) is 9.20. The van der Waals surface area contributed by atoms with Crippen molar-refractivity contribution in [1.29, 1.82) is 0 Å². The van der Waals surface area contributed by atoms with Gasteiger partial charge in [0.25, 0.3) is 0 Å². The SMILES string of the molecule is CCc1ccc(C(=O)C=Cc2ccccc2Cl)cc1. The summed E-state index contributed by atoms with van der Waals surface area (Å²) in [4.78, 5) is 12.0. The molecule has 0 amide bonds. The molecule has 0 aliphatic carbocycles. The number of carbonyl (C=O) groups excluding carboxylic acids is 1. The van der Waals surface area contributed by atoms with E-state index in [9.17, 15) is 4.79 Å². The maximum atomic E-state index is 12.0. The van der Waals surface area contributed by atoms with E-state index in [-0.39, 0.29) is 5.78 Å². The van der Waals surface area contributed by atoms with E-state index in [1.54, 1.807) is 12.2 Å². The molecule has 2 rings (SSSR count). The lowest BCUT2D eigenvalue weighted by molar-refractivity contribution is 0.104. The maximum Gasteiger partial charge on any atom is 0.185 e. The van der Waals surface area contributed by atoms with Gasteiger partial charge >= 0.3 is 0 Å². The highest BCUT2D eigenvalue weighted by Crippen LogP contribution is 2.16. The van der Waals surface area contributed by atoms with E-state index >= 15 is 0 Å². The van der Waals surface area contributed by atoms with Gasteiger partial charge in [0.15, 0.2) is 5.78 Å². The first kappa shape index (κ1) is 13.6. The van der Waals surface area contributed by atoms with E-state index in [0.29, 0.717) is 10.6 Å². The molecule has 0 heterocycles. The summed E-state index contributed by atoms with van der Waals surface area (Å²) in [7, 11) is 0. The average Bonchev–Trinajstić information content (AvgIpc) is 2.46. The topological polar surface area (TPSA) is 17.1 Å². The summed E-state index contributed by atoms with van der Waals surface area (Å²) in [6, 6.07) is 15.1. The van der Waals surface area contributed by atoms with Gasteiger partial charge in [-0.2, -0.15) is 0 Å². The molecule has 96 valence electrons. The van der Waals surface area contributed by atoms with E-state index in [2.05, 4.69) is 6.92 Å². The number of hydrogen-bond acceptors (Lipinski definition) is 1. The quantitative estimate of drug-likeness (QED) is 0.576. The summed E-state index contributed by atoms with van der Waals surface area (Å²) in [5.74, 6) is -0.0115. The molecule has 0 aliphatic heterocycles. The third kappa shape index (κ3) is 3.55. The molecule has 0 saturated heterocycles. The second kappa shape index (κ2) is 6.35. The van der Waals surface area contributed by atoms with Crippen molar-refractivity contribution in [2.45, 2.75) is 13.3 Å². The fourth-order valence-electron chi connectivity index (χ4n) is 1.78. The highest BCUT2D eigenvalue weighted by atomic mass is 35.5. The van der Waals surface area contributed by atoms with Crippen LogP contribution in [0.2, 0.25) is 5.02 Å². The summed E-state index contributed by atoms with van der Waals surface area (Å²) in [5.41, 5.74) is 2.77. The molecule has 0 fully saturated rings. The number of hydrogen-bond donors (Lipinski definition) is 0. The van der Waals surface area contributed by atoms with Crippen molar-refractivity contribution in [3.8, 4) is 0 Å². The number of rotatable bonds is 4. The molecule has 2 aromatic carbocycles. The fraction of sp³-hybridized carbons (Fsp3) is 0.118. The molecule has 0 atom stereocenters. The van der Waals surface area contributed by atoms with Gasteiger partial charge in [-0.3, -0.25) is 4.79 Å². The van der Waals surface area contributed by atoms with Crippen molar-refractivity contribution in [1.82, 2.24) is 0 Å². The number of aryl methyl sites for hydroxylation is 1. The van der Waals surface area contributed by atoms with Crippen LogP contribution in [-0.2, 0) is 6.42 Å². The van der Waals surface area contributed by atoms with Crippen LogP contribution in [-0.4, -0.2) is 5.78 Å². The molecule has 2 heteroatoms. The van der Waals surface area contributed by atoms with Crippen LogP contribution < -0.4 is 0 Å². The molecule has 19 heavy (non-hydrogen) atoms. The summed E-state index contributed by atoms with van der Waals surface area (Å²) < 4.78 is 0. The Kier molecular flexibility index (Phi) is 4.53. The van der Waals surface area contributed by atoms with Crippen molar-refractivity contribution < 1.29 is 4.79 Å². The van der Waals surface area contributed by atoms with Crippen LogP contribution in [0.1, 0.15) is 28.4 Å². The summed E-state index contributed by atoms with van der Waals surface area (Å²) >= 11 is 6.03. The zero-order valence-electron chi connectivity index (χ0n) is 10.8. The lowest BCUT2D eigenvalue weighted by atomic mass is 10.1. The van der Waals surface area contributed by atoms with Crippen LogP contribution in [0.25, 0.3) is 6.08 Å². The minimum absolute atomic E-state index is 0.0115. The number of halogens is 1. The predicted molar refractivity (Wildman–Crippen MR) is 80.6 cm³/mol. The van der Waals surface area contributed by atoms with Gasteiger partial charge in [0.1, 0.15) is 0 Å². The molecule has 0 aliphatic rings. The number of benzene rings is 2. The first-order valence-electron chi connectivity index (χ1n) is 6.26. The van der Waals surface area contributed by atoms with E-state index in [0.717, 1.165) is 12.0 Å². The standard InChI is InChI=1S/C17H15ClO/c1-2-13-7-9-15(10-8-13)17(19)12-11-14-5-3-4-6-16(14)18/h3-12H,2H2,1H3.